The summed E-state index contributed by atoms with van der Waals surface area (Å²) < 4.78 is 0.854. The first kappa shape index (κ1) is 20.4. The molecule has 30 heavy (non-hydrogen) atoms. The lowest BCUT2D eigenvalue weighted by Crippen LogP contribution is -2.13. The Morgan fingerprint density at radius 3 is 2.17 bits per heavy atom. The number of anilines is 2. The minimum atomic E-state index is -0.297. The summed E-state index contributed by atoms with van der Waals surface area (Å²) in [5.74, 6) is -0.486. The maximum Gasteiger partial charge on any atom is 0.267 e. The van der Waals surface area contributed by atoms with Gasteiger partial charge in [-0.05, 0) is 55.5 Å². The van der Waals surface area contributed by atoms with Gasteiger partial charge < -0.3 is 10.6 Å². The summed E-state index contributed by atoms with van der Waals surface area (Å²) in [4.78, 5) is 25.5. The topological polar surface area (TPSA) is 58.2 Å². The van der Waals surface area contributed by atoms with E-state index in [4.69, 9.17) is 23.2 Å². The number of benzene rings is 3. The number of rotatable bonds is 4. The number of amides is 2. The summed E-state index contributed by atoms with van der Waals surface area (Å²) in [5.41, 5.74) is 2.84. The molecule has 4 rings (SSSR count). The number of hydrogen-bond donors (Lipinski definition) is 2. The Balaban J connectivity index is 1.46. The highest BCUT2D eigenvalue weighted by atomic mass is 35.5. The van der Waals surface area contributed by atoms with Gasteiger partial charge in [-0.25, -0.2) is 0 Å². The van der Waals surface area contributed by atoms with Crippen molar-refractivity contribution in [2.45, 2.75) is 6.92 Å². The molecule has 2 N–H and O–H groups in total. The van der Waals surface area contributed by atoms with Crippen LogP contribution in [0.25, 0.3) is 10.1 Å². The Hall–Kier alpha value is -2.86. The van der Waals surface area contributed by atoms with E-state index in [1.165, 1.54) is 11.3 Å². The molecule has 0 aliphatic heterocycles. The maximum absolute atomic E-state index is 12.7. The first-order valence-corrected chi connectivity index (χ1v) is 10.6. The second-order valence-electron chi connectivity index (χ2n) is 6.74. The second kappa shape index (κ2) is 8.48. The SMILES string of the molecule is Cc1cccc(C(=O)Nc2ccc(NC(=O)c3sc4cc(Cl)ccc4c3Cl)cc2)c1. The maximum atomic E-state index is 12.7. The van der Waals surface area contributed by atoms with E-state index in [0.29, 0.717) is 31.9 Å². The van der Waals surface area contributed by atoms with Gasteiger partial charge in [0, 0.05) is 32.0 Å². The van der Waals surface area contributed by atoms with Crippen molar-refractivity contribution in [1.29, 1.82) is 0 Å². The van der Waals surface area contributed by atoms with Crippen LogP contribution in [0.3, 0.4) is 0 Å². The Morgan fingerprint density at radius 2 is 1.50 bits per heavy atom. The number of fused-ring (bicyclic) bond motifs is 1. The van der Waals surface area contributed by atoms with Gasteiger partial charge >= 0.3 is 0 Å². The Morgan fingerprint density at radius 1 is 0.833 bits per heavy atom. The van der Waals surface area contributed by atoms with Crippen LogP contribution in [0.4, 0.5) is 11.4 Å². The molecule has 0 radical (unpaired) electrons. The predicted octanol–water partition coefficient (Wildman–Crippen LogP) is 7.02. The van der Waals surface area contributed by atoms with E-state index >= 15 is 0 Å². The van der Waals surface area contributed by atoms with Gasteiger partial charge in [-0.2, -0.15) is 0 Å². The monoisotopic (exact) mass is 454 g/mol. The lowest BCUT2D eigenvalue weighted by Gasteiger charge is -2.08. The van der Waals surface area contributed by atoms with E-state index in [0.717, 1.165) is 15.6 Å². The molecular weight excluding hydrogens is 439 g/mol. The van der Waals surface area contributed by atoms with Crippen molar-refractivity contribution in [3.63, 3.8) is 0 Å². The zero-order valence-corrected chi connectivity index (χ0v) is 18.2. The van der Waals surface area contributed by atoms with Gasteiger partial charge in [-0.3, -0.25) is 9.59 Å². The number of aryl methyl sites for hydroxylation is 1. The van der Waals surface area contributed by atoms with Crippen LogP contribution in [0.1, 0.15) is 25.6 Å². The highest BCUT2D eigenvalue weighted by molar-refractivity contribution is 7.21. The molecule has 1 heterocycles. The number of carbonyl (C=O) groups excluding carboxylic acids is 2. The minimum absolute atomic E-state index is 0.189. The third-order valence-electron chi connectivity index (χ3n) is 4.48. The van der Waals surface area contributed by atoms with Crippen LogP contribution < -0.4 is 10.6 Å². The Labute approximate surface area is 187 Å². The highest BCUT2D eigenvalue weighted by Crippen LogP contribution is 2.37. The first-order valence-electron chi connectivity index (χ1n) is 9.08. The van der Waals surface area contributed by atoms with Gasteiger partial charge in [-0.1, -0.05) is 47.0 Å². The average Bonchev–Trinajstić information content (AvgIpc) is 3.05. The van der Waals surface area contributed by atoms with Crippen molar-refractivity contribution in [1.82, 2.24) is 0 Å². The van der Waals surface area contributed by atoms with Crippen molar-refractivity contribution >= 4 is 67.8 Å². The molecule has 1 aromatic heterocycles. The van der Waals surface area contributed by atoms with Crippen LogP contribution in [-0.4, -0.2) is 11.8 Å². The molecule has 7 heteroatoms. The highest BCUT2D eigenvalue weighted by Gasteiger charge is 2.17. The molecule has 0 fully saturated rings. The van der Waals surface area contributed by atoms with Gasteiger partial charge in [0.25, 0.3) is 11.8 Å². The Bertz CT molecular complexity index is 1270. The van der Waals surface area contributed by atoms with Gasteiger partial charge in [0.2, 0.25) is 0 Å². The van der Waals surface area contributed by atoms with Crippen LogP contribution in [0, 0.1) is 6.92 Å². The number of halogens is 2. The number of nitrogens with one attached hydrogen (secondary N) is 2. The van der Waals surface area contributed by atoms with Crippen LogP contribution in [-0.2, 0) is 0 Å². The van der Waals surface area contributed by atoms with Crippen molar-refractivity contribution in [3.8, 4) is 0 Å². The summed E-state index contributed by atoms with van der Waals surface area (Å²) in [5, 5.41) is 7.48. The number of carbonyl (C=O) groups is 2. The largest absolute Gasteiger partial charge is 0.322 e. The van der Waals surface area contributed by atoms with Gasteiger partial charge in [0.05, 0.1) is 5.02 Å². The van der Waals surface area contributed by atoms with Gasteiger partial charge in [0.15, 0.2) is 0 Å². The summed E-state index contributed by atoms with van der Waals surface area (Å²) >= 11 is 13.7. The summed E-state index contributed by atoms with van der Waals surface area (Å²) in [6.45, 7) is 1.94. The summed E-state index contributed by atoms with van der Waals surface area (Å²) in [6, 6.07) is 19.6. The molecule has 0 saturated carbocycles. The molecule has 0 saturated heterocycles. The van der Waals surface area contributed by atoms with Crippen LogP contribution in [0.5, 0.6) is 0 Å². The van der Waals surface area contributed by atoms with Crippen molar-refractivity contribution in [2.75, 3.05) is 10.6 Å². The standard InChI is InChI=1S/C23H16Cl2N2O2S/c1-13-3-2-4-14(11-13)22(28)26-16-6-8-17(9-7-16)27-23(29)21-20(25)18-10-5-15(24)12-19(18)30-21/h2-12H,1H3,(H,26,28)(H,27,29). The van der Waals surface area contributed by atoms with Crippen molar-refractivity contribution in [2.24, 2.45) is 0 Å². The number of thiophene rings is 1. The lowest BCUT2D eigenvalue weighted by atomic mass is 10.1. The molecule has 4 nitrogen and oxygen atoms in total. The summed E-state index contributed by atoms with van der Waals surface area (Å²) in [6.07, 6.45) is 0. The van der Waals surface area contributed by atoms with Crippen LogP contribution in [0.15, 0.2) is 66.7 Å². The smallest absolute Gasteiger partial charge is 0.267 e. The molecule has 0 unspecified atom stereocenters. The molecular formula is C23H16Cl2N2O2S. The fourth-order valence-corrected chi connectivity index (χ4v) is 4.69. The van der Waals surface area contributed by atoms with Gasteiger partial charge in [-0.15, -0.1) is 11.3 Å². The third kappa shape index (κ3) is 4.33. The van der Waals surface area contributed by atoms with E-state index in [1.807, 2.05) is 25.1 Å². The predicted molar refractivity (Wildman–Crippen MR) is 125 cm³/mol. The molecule has 0 atom stereocenters. The molecule has 3 aromatic carbocycles. The lowest BCUT2D eigenvalue weighted by molar-refractivity contribution is 0.102. The molecule has 2 amide bonds. The fraction of sp³-hybridized carbons (Fsp3) is 0.0435. The van der Waals surface area contributed by atoms with E-state index < -0.39 is 0 Å². The van der Waals surface area contributed by atoms with E-state index in [1.54, 1.807) is 48.5 Å². The zero-order valence-electron chi connectivity index (χ0n) is 15.8. The van der Waals surface area contributed by atoms with E-state index in [-0.39, 0.29) is 11.8 Å². The fourth-order valence-electron chi connectivity index (χ4n) is 3.00. The number of hydrogen-bond acceptors (Lipinski definition) is 3. The quantitative estimate of drug-likeness (QED) is 0.347. The molecule has 0 aliphatic rings. The van der Waals surface area contributed by atoms with Crippen LogP contribution >= 0.6 is 34.5 Å². The average molecular weight is 455 g/mol. The van der Waals surface area contributed by atoms with Gasteiger partial charge in [0.1, 0.15) is 4.88 Å². The minimum Gasteiger partial charge on any atom is -0.322 e. The Kier molecular flexibility index (Phi) is 5.77. The molecule has 0 bridgehead atoms. The van der Waals surface area contributed by atoms with Crippen molar-refractivity contribution in [3.05, 3.63) is 92.8 Å². The molecule has 0 spiro atoms. The summed E-state index contributed by atoms with van der Waals surface area (Å²) in [7, 11) is 0. The molecule has 0 aliphatic carbocycles. The molecule has 150 valence electrons. The third-order valence-corrected chi connectivity index (χ3v) is 6.37. The van der Waals surface area contributed by atoms with E-state index in [9.17, 15) is 9.59 Å². The zero-order chi connectivity index (χ0) is 21.3. The normalized spacial score (nSPS) is 10.8. The second-order valence-corrected chi connectivity index (χ2v) is 8.61. The van der Waals surface area contributed by atoms with E-state index in [2.05, 4.69) is 10.6 Å². The first-order chi connectivity index (χ1) is 14.4. The van der Waals surface area contributed by atoms with Crippen molar-refractivity contribution < 1.29 is 9.59 Å². The van der Waals surface area contributed by atoms with Crippen LogP contribution in [0.2, 0.25) is 10.0 Å². The molecule has 4 aromatic rings.